The number of hydrogen-bond donors (Lipinski definition) is 1. The Morgan fingerprint density at radius 3 is 2.71 bits per heavy atom. The Kier molecular flexibility index (Phi) is 4.12. The fourth-order valence-corrected chi connectivity index (χ4v) is 4.55. The smallest absolute Gasteiger partial charge is 0.125 e. The Morgan fingerprint density at radius 1 is 1.33 bits per heavy atom. The summed E-state index contributed by atoms with van der Waals surface area (Å²) in [4.78, 5) is 2.40. The van der Waals surface area contributed by atoms with E-state index in [1.54, 1.807) is 7.11 Å². The van der Waals surface area contributed by atoms with E-state index in [2.05, 4.69) is 24.1 Å². The first-order valence-corrected chi connectivity index (χ1v) is 8.23. The molecule has 0 aliphatic heterocycles. The number of benzene rings is 1. The van der Waals surface area contributed by atoms with Crippen LogP contribution in [-0.4, -0.2) is 20.7 Å². The van der Waals surface area contributed by atoms with Gasteiger partial charge < -0.3 is 15.4 Å². The van der Waals surface area contributed by atoms with E-state index in [1.807, 2.05) is 13.0 Å². The summed E-state index contributed by atoms with van der Waals surface area (Å²) >= 11 is 0. The highest BCUT2D eigenvalue weighted by atomic mass is 16.5. The van der Waals surface area contributed by atoms with Gasteiger partial charge in [-0.1, -0.05) is 12.5 Å². The quantitative estimate of drug-likeness (QED) is 0.900. The largest absolute Gasteiger partial charge is 0.496 e. The van der Waals surface area contributed by atoms with Gasteiger partial charge in [0.2, 0.25) is 0 Å². The van der Waals surface area contributed by atoms with Crippen LogP contribution in [0.4, 0.5) is 5.69 Å². The van der Waals surface area contributed by atoms with Gasteiger partial charge in [0.15, 0.2) is 0 Å². The maximum atomic E-state index is 6.19. The second-order valence-corrected chi connectivity index (χ2v) is 7.00. The first kappa shape index (κ1) is 14.7. The third-order valence-corrected chi connectivity index (χ3v) is 5.52. The maximum absolute atomic E-state index is 6.19. The summed E-state index contributed by atoms with van der Waals surface area (Å²) in [5.41, 5.74) is 8.55. The fourth-order valence-electron chi connectivity index (χ4n) is 4.55. The number of methoxy groups -OCH3 is 1. The molecule has 2 saturated carbocycles. The van der Waals surface area contributed by atoms with Crippen molar-refractivity contribution in [1.82, 2.24) is 0 Å². The first-order chi connectivity index (χ1) is 10.1. The zero-order chi connectivity index (χ0) is 15.0. The molecule has 1 aromatic carbocycles. The molecule has 0 saturated heterocycles. The van der Waals surface area contributed by atoms with Crippen LogP contribution in [0.1, 0.15) is 44.2 Å². The summed E-state index contributed by atoms with van der Waals surface area (Å²) < 4.78 is 5.51. The van der Waals surface area contributed by atoms with Crippen molar-refractivity contribution in [1.29, 1.82) is 0 Å². The van der Waals surface area contributed by atoms with Crippen LogP contribution in [0, 0.1) is 17.8 Å². The molecule has 2 N–H and O–H groups in total. The van der Waals surface area contributed by atoms with Gasteiger partial charge in [-0.15, -0.1) is 0 Å². The molecule has 0 spiro atoms. The van der Waals surface area contributed by atoms with Crippen molar-refractivity contribution in [3.05, 3.63) is 23.8 Å². The summed E-state index contributed by atoms with van der Waals surface area (Å²) in [5, 5.41) is 0. The van der Waals surface area contributed by atoms with Gasteiger partial charge in [0.1, 0.15) is 5.75 Å². The van der Waals surface area contributed by atoms with E-state index in [0.29, 0.717) is 0 Å². The van der Waals surface area contributed by atoms with Gasteiger partial charge in [0.25, 0.3) is 0 Å². The fraction of sp³-hybridized carbons (Fsp3) is 0.667. The van der Waals surface area contributed by atoms with Gasteiger partial charge >= 0.3 is 0 Å². The number of nitrogens with two attached hydrogens (primary N) is 1. The van der Waals surface area contributed by atoms with E-state index in [9.17, 15) is 0 Å². The van der Waals surface area contributed by atoms with Crippen molar-refractivity contribution in [2.75, 3.05) is 25.6 Å². The summed E-state index contributed by atoms with van der Waals surface area (Å²) in [6.45, 7) is 3.18. The number of ether oxygens (including phenoxy) is 1. The minimum Gasteiger partial charge on any atom is -0.496 e. The van der Waals surface area contributed by atoms with Gasteiger partial charge in [-0.25, -0.2) is 0 Å². The van der Waals surface area contributed by atoms with E-state index in [0.717, 1.165) is 35.6 Å². The Labute approximate surface area is 128 Å². The van der Waals surface area contributed by atoms with Crippen LogP contribution >= 0.6 is 0 Å². The number of fused-ring (bicyclic) bond motifs is 2. The van der Waals surface area contributed by atoms with E-state index in [1.165, 1.54) is 31.4 Å². The number of hydrogen-bond acceptors (Lipinski definition) is 3. The molecule has 2 bridgehead atoms. The lowest BCUT2D eigenvalue weighted by Gasteiger charge is -2.31. The first-order valence-electron chi connectivity index (χ1n) is 8.23. The molecular weight excluding hydrogens is 260 g/mol. The summed E-state index contributed by atoms with van der Waals surface area (Å²) in [6.07, 6.45) is 5.81. The molecule has 1 aromatic rings. The minimum atomic E-state index is -0.0152. The minimum absolute atomic E-state index is 0.0152. The zero-order valence-electron chi connectivity index (χ0n) is 13.5. The summed E-state index contributed by atoms with van der Waals surface area (Å²) in [6, 6.07) is 6.23. The van der Waals surface area contributed by atoms with E-state index >= 15 is 0 Å². The third-order valence-electron chi connectivity index (χ3n) is 5.52. The standard InChI is InChI=1S/C18H28N2O/c1-12(19)18-16(5-4-6-17(18)21-3)20(2)11-15-10-13-7-8-14(15)9-13/h4-6,12-15H,7-11,19H2,1-3H3. The molecule has 0 aromatic heterocycles. The summed E-state index contributed by atoms with van der Waals surface area (Å²) in [5.74, 6) is 3.73. The van der Waals surface area contributed by atoms with E-state index in [4.69, 9.17) is 10.5 Å². The normalized spacial score (nSPS) is 28.7. The molecule has 2 fully saturated rings. The molecular formula is C18H28N2O. The SMILES string of the molecule is COc1cccc(N(C)CC2CC3CCC2C3)c1C(C)N. The van der Waals surface area contributed by atoms with Crippen LogP contribution in [0.5, 0.6) is 5.75 Å². The Hall–Kier alpha value is -1.22. The lowest BCUT2D eigenvalue weighted by atomic mass is 9.88. The second kappa shape index (κ2) is 5.88. The highest BCUT2D eigenvalue weighted by Crippen LogP contribution is 2.48. The number of nitrogens with zero attached hydrogens (tertiary/aromatic N) is 1. The predicted molar refractivity (Wildman–Crippen MR) is 87.8 cm³/mol. The molecule has 3 nitrogen and oxygen atoms in total. The molecule has 4 atom stereocenters. The average molecular weight is 288 g/mol. The lowest BCUT2D eigenvalue weighted by molar-refractivity contribution is 0.337. The van der Waals surface area contributed by atoms with E-state index in [-0.39, 0.29) is 6.04 Å². The van der Waals surface area contributed by atoms with Gasteiger partial charge in [-0.05, 0) is 56.1 Å². The molecule has 0 amide bonds. The van der Waals surface area contributed by atoms with Crippen LogP contribution in [0.15, 0.2) is 18.2 Å². The van der Waals surface area contributed by atoms with Gasteiger partial charge in [0, 0.05) is 30.9 Å². The van der Waals surface area contributed by atoms with Crippen molar-refractivity contribution in [2.45, 2.75) is 38.6 Å². The molecule has 0 radical (unpaired) electrons. The molecule has 116 valence electrons. The second-order valence-electron chi connectivity index (χ2n) is 7.00. The van der Waals surface area contributed by atoms with E-state index < -0.39 is 0 Å². The van der Waals surface area contributed by atoms with Crippen LogP contribution in [-0.2, 0) is 0 Å². The predicted octanol–water partition coefficient (Wildman–Crippen LogP) is 3.59. The highest BCUT2D eigenvalue weighted by molar-refractivity contribution is 5.60. The van der Waals surface area contributed by atoms with Crippen molar-refractivity contribution in [3.8, 4) is 5.75 Å². The topological polar surface area (TPSA) is 38.5 Å². The summed E-state index contributed by atoms with van der Waals surface area (Å²) in [7, 11) is 3.92. The molecule has 2 aliphatic carbocycles. The average Bonchev–Trinajstić information content (AvgIpc) is 3.08. The van der Waals surface area contributed by atoms with Crippen LogP contribution in [0.3, 0.4) is 0 Å². The Balaban J connectivity index is 1.79. The van der Waals surface area contributed by atoms with Gasteiger partial charge in [-0.3, -0.25) is 0 Å². The molecule has 3 rings (SSSR count). The maximum Gasteiger partial charge on any atom is 0.125 e. The molecule has 3 heteroatoms. The van der Waals surface area contributed by atoms with Crippen molar-refractivity contribution in [3.63, 3.8) is 0 Å². The Morgan fingerprint density at radius 2 is 2.14 bits per heavy atom. The van der Waals surface area contributed by atoms with Crippen molar-refractivity contribution >= 4 is 5.69 Å². The van der Waals surface area contributed by atoms with Crippen LogP contribution in [0.25, 0.3) is 0 Å². The number of anilines is 1. The zero-order valence-corrected chi connectivity index (χ0v) is 13.5. The molecule has 0 heterocycles. The molecule has 4 unspecified atom stereocenters. The van der Waals surface area contributed by atoms with Crippen molar-refractivity contribution < 1.29 is 4.74 Å². The van der Waals surface area contributed by atoms with Crippen LogP contribution in [0.2, 0.25) is 0 Å². The molecule has 2 aliphatic rings. The Bertz CT molecular complexity index is 500. The number of rotatable bonds is 5. The highest BCUT2D eigenvalue weighted by Gasteiger charge is 2.39. The molecule has 21 heavy (non-hydrogen) atoms. The monoisotopic (exact) mass is 288 g/mol. The van der Waals surface area contributed by atoms with Gasteiger partial charge in [0.05, 0.1) is 7.11 Å². The third kappa shape index (κ3) is 2.76. The lowest BCUT2D eigenvalue weighted by Crippen LogP contribution is -2.30. The van der Waals surface area contributed by atoms with Gasteiger partial charge in [-0.2, -0.15) is 0 Å². The van der Waals surface area contributed by atoms with Crippen molar-refractivity contribution in [2.24, 2.45) is 23.5 Å². The van der Waals surface area contributed by atoms with Crippen LogP contribution < -0.4 is 15.4 Å².